The third-order valence-corrected chi connectivity index (χ3v) is 5.23. The smallest absolute Gasteiger partial charge is 0.244 e. The third-order valence-electron chi connectivity index (χ3n) is 4.53. The summed E-state index contributed by atoms with van der Waals surface area (Å²) in [6.07, 6.45) is 4.62. The maximum atomic E-state index is 12.5. The quantitative estimate of drug-likeness (QED) is 0.817. The van der Waals surface area contributed by atoms with E-state index >= 15 is 0 Å². The molecule has 3 aliphatic rings. The van der Waals surface area contributed by atoms with Crippen LogP contribution in [0.4, 0.5) is 0 Å². The number of nitrogens with zero attached hydrogens (tertiary/aromatic N) is 1. The molecular formula is C15H20N2O2S. The molecule has 5 heteroatoms. The Morgan fingerprint density at radius 3 is 2.95 bits per heavy atom. The summed E-state index contributed by atoms with van der Waals surface area (Å²) in [4.78, 5) is 14.5. The second-order valence-electron chi connectivity index (χ2n) is 6.20. The van der Waals surface area contributed by atoms with Crippen molar-refractivity contribution in [3.63, 3.8) is 0 Å². The van der Waals surface area contributed by atoms with Crippen molar-refractivity contribution in [2.45, 2.75) is 37.4 Å². The van der Waals surface area contributed by atoms with E-state index < -0.39 is 0 Å². The maximum absolute atomic E-state index is 12.5. The summed E-state index contributed by atoms with van der Waals surface area (Å²) in [7, 11) is 0. The Kier molecular flexibility index (Phi) is 3.09. The second kappa shape index (κ2) is 4.83. The fraction of sp³-hybridized carbons (Fsp3) is 0.667. The summed E-state index contributed by atoms with van der Waals surface area (Å²) < 4.78 is 5.70. The van der Waals surface area contributed by atoms with Crippen LogP contribution in [0.3, 0.4) is 0 Å². The zero-order valence-corrected chi connectivity index (χ0v) is 12.3. The molecule has 1 N–H and O–H groups in total. The number of hydrogen-bond acceptors (Lipinski definition) is 4. The van der Waals surface area contributed by atoms with E-state index in [0.717, 1.165) is 25.4 Å². The van der Waals surface area contributed by atoms with Crippen LogP contribution in [0, 0.1) is 5.92 Å². The van der Waals surface area contributed by atoms with E-state index in [1.165, 1.54) is 18.4 Å². The molecule has 3 fully saturated rings. The van der Waals surface area contributed by atoms with E-state index in [0.29, 0.717) is 13.2 Å². The highest BCUT2D eigenvalue weighted by Crippen LogP contribution is 2.46. The number of nitrogens with one attached hydrogen (secondary N) is 1. The molecule has 1 amide bonds. The zero-order chi connectivity index (χ0) is 13.6. The molecule has 1 saturated heterocycles. The van der Waals surface area contributed by atoms with Gasteiger partial charge in [0.1, 0.15) is 11.7 Å². The first-order valence-corrected chi connectivity index (χ1v) is 8.41. The van der Waals surface area contributed by atoms with Gasteiger partial charge in [-0.3, -0.25) is 10.1 Å². The second-order valence-corrected chi connectivity index (χ2v) is 6.98. The minimum atomic E-state index is -0.247. The largest absolute Gasteiger partial charge is 0.379 e. The predicted octanol–water partition coefficient (Wildman–Crippen LogP) is 2.14. The van der Waals surface area contributed by atoms with Crippen LogP contribution < -0.4 is 5.32 Å². The third kappa shape index (κ3) is 2.28. The van der Waals surface area contributed by atoms with E-state index in [1.807, 2.05) is 4.90 Å². The normalized spacial score (nSPS) is 27.5. The lowest BCUT2D eigenvalue weighted by Crippen LogP contribution is -2.34. The number of hydrogen-bond donors (Lipinski definition) is 1. The molecule has 2 heterocycles. The van der Waals surface area contributed by atoms with Gasteiger partial charge < -0.3 is 9.64 Å². The Hall–Kier alpha value is -0.910. The first-order valence-electron chi connectivity index (χ1n) is 7.47. The molecular weight excluding hydrogens is 272 g/mol. The lowest BCUT2D eigenvalue weighted by molar-refractivity contribution is -0.131. The van der Waals surface area contributed by atoms with Gasteiger partial charge in [0, 0.05) is 13.2 Å². The van der Waals surface area contributed by atoms with Crippen LogP contribution in [0.15, 0.2) is 16.8 Å². The van der Waals surface area contributed by atoms with Crippen LogP contribution in [-0.4, -0.2) is 36.1 Å². The van der Waals surface area contributed by atoms with Gasteiger partial charge >= 0.3 is 0 Å². The Bertz CT molecular complexity index is 494. The molecule has 2 aliphatic carbocycles. The van der Waals surface area contributed by atoms with Crippen molar-refractivity contribution < 1.29 is 9.53 Å². The highest BCUT2D eigenvalue weighted by atomic mass is 32.1. The van der Waals surface area contributed by atoms with Gasteiger partial charge in [-0.1, -0.05) is 0 Å². The average molecular weight is 292 g/mol. The molecule has 108 valence electrons. The average Bonchev–Trinajstić information content (AvgIpc) is 3.35. The molecule has 1 aliphatic heterocycles. The molecule has 20 heavy (non-hydrogen) atoms. The summed E-state index contributed by atoms with van der Waals surface area (Å²) in [6.45, 7) is 2.21. The van der Waals surface area contributed by atoms with Gasteiger partial charge in [-0.05, 0) is 54.0 Å². The highest BCUT2D eigenvalue weighted by molar-refractivity contribution is 7.07. The minimum Gasteiger partial charge on any atom is -0.379 e. The first kappa shape index (κ1) is 12.8. The molecule has 1 spiro atoms. The van der Waals surface area contributed by atoms with Gasteiger partial charge in [-0.15, -0.1) is 0 Å². The van der Waals surface area contributed by atoms with E-state index in [9.17, 15) is 4.79 Å². The van der Waals surface area contributed by atoms with Crippen molar-refractivity contribution in [1.82, 2.24) is 10.2 Å². The fourth-order valence-corrected chi connectivity index (χ4v) is 3.58. The van der Waals surface area contributed by atoms with E-state index in [4.69, 9.17) is 4.74 Å². The van der Waals surface area contributed by atoms with Crippen molar-refractivity contribution in [3.05, 3.63) is 22.4 Å². The Morgan fingerprint density at radius 1 is 1.45 bits per heavy atom. The number of amides is 1. The van der Waals surface area contributed by atoms with Gasteiger partial charge in [0.15, 0.2) is 0 Å². The molecule has 4 rings (SSSR count). The van der Waals surface area contributed by atoms with E-state index in [1.54, 1.807) is 11.3 Å². The zero-order valence-electron chi connectivity index (χ0n) is 11.5. The van der Waals surface area contributed by atoms with Crippen LogP contribution in [0.2, 0.25) is 0 Å². The molecule has 1 atom stereocenters. The Labute approximate surface area is 123 Å². The molecule has 1 aromatic rings. The van der Waals surface area contributed by atoms with Crippen LogP contribution in [0.5, 0.6) is 0 Å². The van der Waals surface area contributed by atoms with Gasteiger partial charge in [0.05, 0.1) is 6.61 Å². The summed E-state index contributed by atoms with van der Waals surface area (Å²) in [5, 5.41) is 7.73. The van der Waals surface area contributed by atoms with Crippen LogP contribution >= 0.6 is 11.3 Å². The van der Waals surface area contributed by atoms with E-state index in [-0.39, 0.29) is 17.6 Å². The molecule has 2 saturated carbocycles. The van der Waals surface area contributed by atoms with Crippen LogP contribution in [0.1, 0.15) is 37.4 Å². The maximum Gasteiger partial charge on any atom is 0.244 e. The summed E-state index contributed by atoms with van der Waals surface area (Å²) in [6, 6.07) is 2.11. The molecule has 0 bridgehead atoms. The molecule has 4 nitrogen and oxygen atoms in total. The van der Waals surface area contributed by atoms with Gasteiger partial charge in [-0.2, -0.15) is 11.3 Å². The number of ether oxygens (including phenoxy) is 1. The number of thiophene rings is 1. The topological polar surface area (TPSA) is 41.6 Å². The van der Waals surface area contributed by atoms with Crippen molar-refractivity contribution in [2.24, 2.45) is 5.92 Å². The standard InChI is InChI=1S/C15H20N2O2S/c18-14-15(4-5-15)16-13(12-3-8-20-10-12)17(14)6-7-19-9-11-1-2-11/h3,8,10-11,13,16H,1-2,4-7,9H2. The summed E-state index contributed by atoms with van der Waals surface area (Å²) in [5.41, 5.74) is 0.956. The van der Waals surface area contributed by atoms with Gasteiger partial charge in [-0.25, -0.2) is 0 Å². The molecule has 1 aromatic heterocycles. The monoisotopic (exact) mass is 292 g/mol. The van der Waals surface area contributed by atoms with E-state index in [2.05, 4.69) is 22.1 Å². The summed E-state index contributed by atoms with van der Waals surface area (Å²) in [5.74, 6) is 1.05. The summed E-state index contributed by atoms with van der Waals surface area (Å²) >= 11 is 1.68. The van der Waals surface area contributed by atoms with Crippen molar-refractivity contribution in [2.75, 3.05) is 19.8 Å². The number of carbonyl (C=O) groups excluding carboxylic acids is 1. The van der Waals surface area contributed by atoms with Crippen molar-refractivity contribution >= 4 is 17.2 Å². The molecule has 0 radical (unpaired) electrons. The minimum absolute atomic E-state index is 0.0424. The predicted molar refractivity (Wildman–Crippen MR) is 77.4 cm³/mol. The number of carbonyl (C=O) groups is 1. The lowest BCUT2D eigenvalue weighted by atomic mass is 10.2. The molecule has 0 aromatic carbocycles. The Balaban J connectivity index is 1.41. The van der Waals surface area contributed by atoms with Gasteiger partial charge in [0.2, 0.25) is 5.91 Å². The highest BCUT2D eigenvalue weighted by Gasteiger charge is 2.59. The number of rotatable bonds is 6. The fourth-order valence-electron chi connectivity index (χ4n) is 2.90. The lowest BCUT2D eigenvalue weighted by Gasteiger charge is -2.23. The first-order chi connectivity index (χ1) is 9.78. The SMILES string of the molecule is O=C1N(CCOCC2CC2)C(c2ccsc2)NC12CC2. The van der Waals surface area contributed by atoms with Crippen molar-refractivity contribution in [1.29, 1.82) is 0 Å². The van der Waals surface area contributed by atoms with Crippen molar-refractivity contribution in [3.8, 4) is 0 Å². The van der Waals surface area contributed by atoms with Crippen LogP contribution in [0.25, 0.3) is 0 Å². The Morgan fingerprint density at radius 2 is 2.30 bits per heavy atom. The molecule has 1 unspecified atom stereocenters. The van der Waals surface area contributed by atoms with Gasteiger partial charge in [0.25, 0.3) is 0 Å². The van der Waals surface area contributed by atoms with Crippen LogP contribution in [-0.2, 0) is 9.53 Å².